The van der Waals surface area contributed by atoms with Crippen LogP contribution in [0.3, 0.4) is 0 Å². The molecule has 300 valence electrons. The third kappa shape index (κ3) is 5.74. The number of hydrogen-bond donors (Lipinski definition) is 11. The second kappa shape index (κ2) is 14.2. The molecule has 9 rings (SSSR count). The summed E-state index contributed by atoms with van der Waals surface area (Å²) in [7, 11) is 11.3. The van der Waals surface area contributed by atoms with Crippen molar-refractivity contribution in [1.82, 2.24) is 15.0 Å². The highest BCUT2D eigenvalue weighted by Crippen LogP contribution is 2.57. The van der Waals surface area contributed by atoms with Crippen molar-refractivity contribution in [1.29, 1.82) is 0 Å². The lowest BCUT2D eigenvalue weighted by atomic mass is 9.89. The van der Waals surface area contributed by atoms with E-state index in [9.17, 15) is 56.2 Å². The minimum Gasteiger partial charge on any atom is -0.506 e. The van der Waals surface area contributed by atoms with Crippen LogP contribution in [-0.4, -0.2) is 86.8 Å². The minimum atomic E-state index is -1.19. The lowest BCUT2D eigenvalue weighted by molar-refractivity contribution is 0.379. The van der Waals surface area contributed by atoms with Crippen molar-refractivity contribution in [2.24, 2.45) is 0 Å². The van der Waals surface area contributed by atoms with Crippen LogP contribution in [-0.2, 0) is 0 Å². The van der Waals surface area contributed by atoms with Gasteiger partial charge in [-0.05, 0) is 33.7 Å². The summed E-state index contributed by atoms with van der Waals surface area (Å²) >= 11 is 0. The molecule has 17 heteroatoms. The van der Waals surface area contributed by atoms with E-state index in [1.54, 1.807) is 60.7 Å². The fraction of sp³-hybridized carbons (Fsp3) is 0. The third-order valence-electron chi connectivity index (χ3n) is 10.5. The predicted molar refractivity (Wildman–Crippen MR) is 229 cm³/mol. The van der Waals surface area contributed by atoms with Gasteiger partial charge >= 0.3 is 0 Å². The molecule has 0 saturated heterocycles. The molecule has 2 heterocycles. The number of benzene rings is 7. The van der Waals surface area contributed by atoms with Crippen LogP contribution in [0.4, 0.5) is 0 Å². The van der Waals surface area contributed by atoms with Gasteiger partial charge in [0.25, 0.3) is 0 Å². The predicted octanol–water partition coefficient (Wildman–Crippen LogP) is 6.12. The van der Waals surface area contributed by atoms with Gasteiger partial charge in [0.15, 0.2) is 63.5 Å². The van der Waals surface area contributed by atoms with E-state index < -0.39 is 108 Å². The van der Waals surface area contributed by atoms with E-state index in [0.29, 0.717) is 16.4 Å². The topological polar surface area (TPSA) is 274 Å². The molecule has 15 nitrogen and oxygen atoms in total. The molecule has 0 saturated carbocycles. The van der Waals surface area contributed by atoms with E-state index in [1.807, 2.05) is 36.4 Å². The Balaban J connectivity index is 1.41. The smallest absolute Gasteiger partial charge is 0.172 e. The highest BCUT2D eigenvalue weighted by molar-refractivity contribution is 6.37. The number of rotatable bonds is 6. The normalized spacial score (nSPS) is 11.4. The molecule has 9 aromatic rings. The zero-order valence-electron chi connectivity index (χ0n) is 31.6. The number of nitrogens with zero attached hydrogens (tertiary/aromatic N) is 3. The van der Waals surface area contributed by atoms with Gasteiger partial charge in [-0.15, -0.1) is 0 Å². The number of fused-ring (bicyclic) bond motifs is 3. The lowest BCUT2D eigenvalue weighted by Gasteiger charge is -2.20. The monoisotopic (exact) mass is 823 g/mol. The van der Waals surface area contributed by atoms with Crippen molar-refractivity contribution >= 4 is 48.6 Å². The second-order valence-electron chi connectivity index (χ2n) is 14.1. The van der Waals surface area contributed by atoms with Gasteiger partial charge in [0, 0.05) is 16.3 Å². The van der Waals surface area contributed by atoms with Crippen molar-refractivity contribution in [3.8, 4) is 131 Å². The SMILES string of the molecule is [B]c1c(O)c(O)c(-c2nc(-c3c(O)c(O)c([B])c(O)c3O)nc(-c3c(O)c(-c4ccc(-c5ccccc5)cc4)c(O)c(-c4cccc5c4oc4ccccc45)c3O)n2)c(O)c1O. The number of phenolic OH excluding ortho intramolecular Hbond substituents is 11. The maximum atomic E-state index is 12.4. The number of aromatic nitrogens is 3. The molecule has 0 aliphatic rings. The molecule has 0 atom stereocenters. The van der Waals surface area contributed by atoms with E-state index in [4.69, 9.17) is 20.1 Å². The second-order valence-corrected chi connectivity index (χ2v) is 14.1. The van der Waals surface area contributed by atoms with Crippen LogP contribution < -0.4 is 10.9 Å². The van der Waals surface area contributed by atoms with E-state index in [1.165, 1.54) is 0 Å². The highest BCUT2D eigenvalue weighted by Gasteiger charge is 2.33. The van der Waals surface area contributed by atoms with Gasteiger partial charge in [-0.1, -0.05) is 91.0 Å². The maximum absolute atomic E-state index is 12.4. The molecular weight excluding hydrogens is 796 g/mol. The van der Waals surface area contributed by atoms with Crippen molar-refractivity contribution < 1.29 is 60.6 Å². The number of furan rings is 1. The first-order valence-electron chi connectivity index (χ1n) is 18.3. The molecule has 0 bridgehead atoms. The average Bonchev–Trinajstić information content (AvgIpc) is 3.66. The van der Waals surface area contributed by atoms with Gasteiger partial charge in [0.05, 0.1) is 11.1 Å². The van der Waals surface area contributed by atoms with E-state index in [-0.39, 0.29) is 27.8 Å². The Morgan fingerprint density at radius 3 is 1.27 bits per heavy atom. The van der Waals surface area contributed by atoms with Gasteiger partial charge in [0.1, 0.15) is 60.8 Å². The van der Waals surface area contributed by atoms with E-state index in [0.717, 1.165) is 11.1 Å². The summed E-state index contributed by atoms with van der Waals surface area (Å²) in [5.74, 6) is -14.2. The van der Waals surface area contributed by atoms with Crippen molar-refractivity contribution in [2.45, 2.75) is 0 Å². The summed E-state index contributed by atoms with van der Waals surface area (Å²) < 4.78 is 6.25. The Morgan fingerprint density at radius 1 is 0.339 bits per heavy atom. The summed E-state index contributed by atoms with van der Waals surface area (Å²) in [6, 6.07) is 28.1. The van der Waals surface area contributed by atoms with Crippen LogP contribution in [0.25, 0.3) is 89.5 Å². The highest BCUT2D eigenvalue weighted by atomic mass is 16.3. The molecule has 7 aromatic carbocycles. The Morgan fingerprint density at radius 2 is 0.742 bits per heavy atom. The van der Waals surface area contributed by atoms with Crippen LogP contribution in [0.2, 0.25) is 0 Å². The number of hydrogen-bond acceptors (Lipinski definition) is 15. The molecule has 62 heavy (non-hydrogen) atoms. The molecule has 0 aliphatic heterocycles. The van der Waals surface area contributed by atoms with Crippen LogP contribution in [0.5, 0.6) is 63.2 Å². The Bertz CT molecular complexity index is 3200. The van der Waals surface area contributed by atoms with Crippen LogP contribution >= 0.6 is 0 Å². The summed E-state index contributed by atoms with van der Waals surface area (Å²) in [5, 5.41) is 125. The van der Waals surface area contributed by atoms with Crippen LogP contribution in [0.1, 0.15) is 0 Å². The zero-order valence-corrected chi connectivity index (χ0v) is 31.6. The Labute approximate surface area is 351 Å². The fourth-order valence-electron chi connectivity index (χ4n) is 7.42. The largest absolute Gasteiger partial charge is 0.506 e. The lowest BCUT2D eigenvalue weighted by Crippen LogP contribution is -2.08. The van der Waals surface area contributed by atoms with Crippen LogP contribution in [0, 0.1) is 0 Å². The van der Waals surface area contributed by atoms with Crippen molar-refractivity contribution in [3.05, 3.63) is 97.1 Å². The number of para-hydroxylation sites is 2. The standard InChI is InChI=1S/C45H27B2N3O12/c46-29-38(58)34(54)27(35(55)39(29)59)44-48-43(49-45(50-44)28-36(56)40(60)30(47)41(61)37(28)57)26-32(52)24(19-15-13-18(14-16-19)17-7-2-1-3-8-17)31(51)25(33(26)53)22-11-6-10-21-20-9-4-5-12-23(20)62-42(21)22/h1-16,51-61H. The van der Waals surface area contributed by atoms with Crippen molar-refractivity contribution in [3.63, 3.8) is 0 Å². The first kappa shape index (κ1) is 38.8. The van der Waals surface area contributed by atoms with Crippen LogP contribution in [0.15, 0.2) is 101 Å². The summed E-state index contributed by atoms with van der Waals surface area (Å²) in [4.78, 5) is 12.7. The Hall–Kier alpha value is -8.72. The van der Waals surface area contributed by atoms with Gasteiger partial charge in [-0.25, -0.2) is 15.0 Å². The minimum absolute atomic E-state index is 0.124. The van der Waals surface area contributed by atoms with E-state index >= 15 is 0 Å². The average molecular weight is 823 g/mol. The quantitative estimate of drug-likeness (QED) is 0.0512. The summed E-state index contributed by atoms with van der Waals surface area (Å²) in [5.41, 5.74) is -2.11. The maximum Gasteiger partial charge on any atom is 0.172 e. The molecular formula is C45H27B2N3O12. The molecule has 0 fully saturated rings. The molecule has 11 N–H and O–H groups in total. The first-order chi connectivity index (χ1) is 29.7. The molecule has 2 aromatic heterocycles. The first-order valence-corrected chi connectivity index (χ1v) is 18.3. The fourth-order valence-corrected chi connectivity index (χ4v) is 7.42. The molecule has 0 aliphatic carbocycles. The van der Waals surface area contributed by atoms with E-state index in [2.05, 4.69) is 15.0 Å². The van der Waals surface area contributed by atoms with Crippen molar-refractivity contribution in [2.75, 3.05) is 0 Å². The number of phenols is 11. The molecule has 0 unspecified atom stereocenters. The van der Waals surface area contributed by atoms with Gasteiger partial charge < -0.3 is 60.6 Å². The molecule has 4 radical (unpaired) electrons. The summed E-state index contributed by atoms with van der Waals surface area (Å²) in [6.07, 6.45) is 0. The van der Waals surface area contributed by atoms with Gasteiger partial charge in [-0.2, -0.15) is 0 Å². The zero-order chi connectivity index (χ0) is 43.9. The third-order valence-corrected chi connectivity index (χ3v) is 10.5. The van der Waals surface area contributed by atoms with Gasteiger partial charge in [-0.3, -0.25) is 0 Å². The molecule has 0 amide bonds. The summed E-state index contributed by atoms with van der Waals surface area (Å²) in [6.45, 7) is 0. The van der Waals surface area contributed by atoms with Gasteiger partial charge in [0.2, 0.25) is 0 Å². The Kier molecular flexibility index (Phi) is 8.90. The number of aromatic hydroxyl groups is 11. The molecule has 0 spiro atoms.